The van der Waals surface area contributed by atoms with Gasteiger partial charge >= 0.3 is 5.97 Å². The number of esters is 1. The first-order valence-electron chi connectivity index (χ1n) is 8.24. The first-order valence-corrected chi connectivity index (χ1v) is 8.24. The molecule has 2 saturated carbocycles. The van der Waals surface area contributed by atoms with Crippen molar-refractivity contribution >= 4 is 5.97 Å². The predicted molar refractivity (Wildman–Crippen MR) is 82.5 cm³/mol. The fourth-order valence-electron chi connectivity index (χ4n) is 4.26. The van der Waals surface area contributed by atoms with Crippen molar-refractivity contribution in [3.63, 3.8) is 0 Å². The van der Waals surface area contributed by atoms with E-state index in [1.54, 1.807) is 6.92 Å². The number of ether oxygens (including phenoxy) is 1. The summed E-state index contributed by atoms with van der Waals surface area (Å²) in [5, 5.41) is 0. The Morgan fingerprint density at radius 2 is 1.70 bits per heavy atom. The number of rotatable bonds is 3. The number of hydrogen-bond acceptors (Lipinski definition) is 2. The SMILES string of the molecule is C=C(C)C(=O)OC1(C2CCCC2)CCCCC(C)(C)C1. The number of hydrogen-bond donors (Lipinski definition) is 0. The van der Waals surface area contributed by atoms with Gasteiger partial charge in [-0.3, -0.25) is 0 Å². The molecule has 0 radical (unpaired) electrons. The van der Waals surface area contributed by atoms with E-state index in [-0.39, 0.29) is 17.0 Å². The maximum atomic E-state index is 12.2. The summed E-state index contributed by atoms with van der Waals surface area (Å²) >= 11 is 0. The lowest BCUT2D eigenvalue weighted by atomic mass is 9.72. The largest absolute Gasteiger partial charge is 0.455 e. The molecular weight excluding hydrogens is 248 g/mol. The molecule has 0 N–H and O–H groups in total. The molecular formula is C18H30O2. The highest BCUT2D eigenvalue weighted by molar-refractivity contribution is 5.87. The van der Waals surface area contributed by atoms with Crippen LogP contribution in [0.4, 0.5) is 0 Å². The van der Waals surface area contributed by atoms with Gasteiger partial charge < -0.3 is 4.74 Å². The predicted octanol–water partition coefficient (Wildman–Crippen LogP) is 5.03. The maximum absolute atomic E-state index is 12.2. The topological polar surface area (TPSA) is 26.3 Å². The van der Waals surface area contributed by atoms with Crippen molar-refractivity contribution in [2.75, 3.05) is 0 Å². The molecule has 1 unspecified atom stereocenters. The van der Waals surface area contributed by atoms with Crippen molar-refractivity contribution in [1.29, 1.82) is 0 Å². The monoisotopic (exact) mass is 278 g/mol. The van der Waals surface area contributed by atoms with Crippen molar-refractivity contribution < 1.29 is 9.53 Å². The number of carbonyl (C=O) groups is 1. The molecule has 0 spiro atoms. The Hall–Kier alpha value is -0.790. The van der Waals surface area contributed by atoms with Crippen molar-refractivity contribution in [2.45, 2.75) is 84.2 Å². The molecule has 0 saturated heterocycles. The molecule has 0 amide bonds. The summed E-state index contributed by atoms with van der Waals surface area (Å²) in [4.78, 5) is 12.2. The van der Waals surface area contributed by atoms with Crippen LogP contribution < -0.4 is 0 Å². The molecule has 2 heteroatoms. The van der Waals surface area contributed by atoms with Crippen molar-refractivity contribution in [2.24, 2.45) is 11.3 Å². The van der Waals surface area contributed by atoms with Crippen LogP contribution in [0.25, 0.3) is 0 Å². The van der Waals surface area contributed by atoms with E-state index in [0.717, 1.165) is 12.8 Å². The number of carbonyl (C=O) groups excluding carboxylic acids is 1. The molecule has 0 heterocycles. The second kappa shape index (κ2) is 5.91. The van der Waals surface area contributed by atoms with Crippen molar-refractivity contribution in [3.05, 3.63) is 12.2 Å². The third-order valence-electron chi connectivity index (χ3n) is 5.22. The Morgan fingerprint density at radius 3 is 2.30 bits per heavy atom. The van der Waals surface area contributed by atoms with E-state index < -0.39 is 0 Å². The van der Waals surface area contributed by atoms with Crippen LogP contribution in [0.2, 0.25) is 0 Å². The second-order valence-electron chi connectivity index (χ2n) is 7.76. The molecule has 2 nitrogen and oxygen atoms in total. The molecule has 114 valence electrons. The van der Waals surface area contributed by atoms with Gasteiger partial charge in [-0.2, -0.15) is 0 Å². The Labute approximate surface area is 124 Å². The van der Waals surface area contributed by atoms with Crippen LogP contribution in [0.1, 0.15) is 78.6 Å². The van der Waals surface area contributed by atoms with Gasteiger partial charge in [0.15, 0.2) is 0 Å². The summed E-state index contributed by atoms with van der Waals surface area (Å²) in [6.45, 7) is 10.2. The molecule has 2 rings (SSSR count). The quantitative estimate of drug-likeness (QED) is 0.411. The summed E-state index contributed by atoms with van der Waals surface area (Å²) in [5.74, 6) is 0.373. The molecule has 0 bridgehead atoms. The zero-order valence-electron chi connectivity index (χ0n) is 13.5. The minimum atomic E-state index is -0.230. The van der Waals surface area contributed by atoms with Crippen LogP contribution >= 0.6 is 0 Å². The molecule has 0 aromatic rings. The van der Waals surface area contributed by atoms with Crippen LogP contribution in [-0.4, -0.2) is 11.6 Å². The summed E-state index contributed by atoms with van der Waals surface area (Å²) in [6, 6.07) is 0. The molecule has 0 aromatic carbocycles. The summed E-state index contributed by atoms with van der Waals surface area (Å²) in [5.41, 5.74) is 0.575. The Kier molecular flexibility index (Phi) is 4.61. The van der Waals surface area contributed by atoms with Gasteiger partial charge in [-0.25, -0.2) is 4.79 Å². The lowest BCUT2D eigenvalue weighted by Crippen LogP contribution is -2.44. The molecule has 1 atom stereocenters. The van der Waals surface area contributed by atoms with Crippen LogP contribution in [0.3, 0.4) is 0 Å². The summed E-state index contributed by atoms with van der Waals surface area (Å²) < 4.78 is 6.10. The third kappa shape index (κ3) is 3.45. The minimum Gasteiger partial charge on any atom is -0.455 e. The van der Waals surface area contributed by atoms with Gasteiger partial charge in [0.1, 0.15) is 5.60 Å². The van der Waals surface area contributed by atoms with Gasteiger partial charge in [0.2, 0.25) is 0 Å². The second-order valence-corrected chi connectivity index (χ2v) is 7.76. The Balaban J connectivity index is 2.26. The van der Waals surface area contributed by atoms with Crippen LogP contribution in [0.5, 0.6) is 0 Å². The highest BCUT2D eigenvalue weighted by Crippen LogP contribution is 2.49. The lowest BCUT2D eigenvalue weighted by Gasteiger charge is -2.42. The van der Waals surface area contributed by atoms with E-state index in [1.807, 2.05) is 0 Å². The highest BCUT2D eigenvalue weighted by atomic mass is 16.6. The van der Waals surface area contributed by atoms with Crippen LogP contribution in [0.15, 0.2) is 12.2 Å². The van der Waals surface area contributed by atoms with E-state index in [0.29, 0.717) is 11.5 Å². The summed E-state index contributed by atoms with van der Waals surface area (Å²) in [7, 11) is 0. The fraction of sp³-hybridized carbons (Fsp3) is 0.833. The van der Waals surface area contributed by atoms with E-state index in [9.17, 15) is 4.79 Å². The smallest absolute Gasteiger partial charge is 0.333 e. The third-order valence-corrected chi connectivity index (χ3v) is 5.22. The molecule has 2 fully saturated rings. The van der Waals surface area contributed by atoms with E-state index in [2.05, 4.69) is 20.4 Å². The van der Waals surface area contributed by atoms with Gasteiger partial charge in [0, 0.05) is 5.57 Å². The van der Waals surface area contributed by atoms with Gasteiger partial charge in [-0.05, 0) is 56.8 Å². The highest BCUT2D eigenvalue weighted by Gasteiger charge is 2.47. The van der Waals surface area contributed by atoms with Gasteiger partial charge in [0.05, 0.1) is 0 Å². The maximum Gasteiger partial charge on any atom is 0.333 e. The first kappa shape index (κ1) is 15.6. The molecule has 0 aliphatic heterocycles. The van der Waals surface area contributed by atoms with Crippen molar-refractivity contribution in [1.82, 2.24) is 0 Å². The van der Waals surface area contributed by atoms with Gasteiger partial charge in [0.25, 0.3) is 0 Å². The van der Waals surface area contributed by atoms with Crippen LogP contribution in [0, 0.1) is 11.3 Å². The molecule has 2 aliphatic rings. The molecule has 2 aliphatic carbocycles. The zero-order chi connectivity index (χ0) is 14.8. The Morgan fingerprint density at radius 1 is 1.10 bits per heavy atom. The van der Waals surface area contributed by atoms with Gasteiger partial charge in [-0.1, -0.05) is 39.7 Å². The minimum absolute atomic E-state index is 0.186. The summed E-state index contributed by atoms with van der Waals surface area (Å²) in [6.07, 6.45) is 10.8. The lowest BCUT2D eigenvalue weighted by molar-refractivity contribution is -0.166. The molecule has 20 heavy (non-hydrogen) atoms. The average Bonchev–Trinajstić information content (AvgIpc) is 2.83. The van der Waals surface area contributed by atoms with E-state index in [4.69, 9.17) is 4.74 Å². The van der Waals surface area contributed by atoms with Crippen LogP contribution in [-0.2, 0) is 9.53 Å². The van der Waals surface area contributed by atoms with Crippen molar-refractivity contribution in [3.8, 4) is 0 Å². The standard InChI is InChI=1S/C18H30O2/c1-14(2)16(19)20-18(15-9-5-6-10-15)12-8-7-11-17(3,4)13-18/h15H,1,5-13H2,2-4H3. The normalized spacial score (nSPS) is 30.8. The van der Waals surface area contributed by atoms with Gasteiger partial charge in [-0.15, -0.1) is 0 Å². The molecule has 0 aromatic heterocycles. The first-order chi connectivity index (χ1) is 9.35. The Bertz CT molecular complexity index is 377. The zero-order valence-corrected chi connectivity index (χ0v) is 13.5. The van der Waals surface area contributed by atoms with E-state index >= 15 is 0 Å². The average molecular weight is 278 g/mol. The van der Waals surface area contributed by atoms with E-state index in [1.165, 1.54) is 44.9 Å². The fourth-order valence-corrected chi connectivity index (χ4v) is 4.26.